The molecule has 39 heavy (non-hydrogen) atoms. The van der Waals surface area contributed by atoms with E-state index >= 15 is 0 Å². The van der Waals surface area contributed by atoms with Gasteiger partial charge in [0.2, 0.25) is 0 Å². The minimum atomic E-state index is 0.561. The highest BCUT2D eigenvalue weighted by molar-refractivity contribution is 7.98. The van der Waals surface area contributed by atoms with Crippen LogP contribution in [0.2, 0.25) is 0 Å². The number of rotatable bonds is 9. The molecule has 0 radical (unpaired) electrons. The molecule has 1 heterocycles. The molecule has 1 aromatic carbocycles. The molecule has 1 atom stereocenters. The Morgan fingerprint density at radius 2 is 1.46 bits per heavy atom. The van der Waals surface area contributed by atoms with Gasteiger partial charge in [0.05, 0.1) is 0 Å². The molecule has 0 N–H and O–H groups in total. The van der Waals surface area contributed by atoms with Crippen LogP contribution in [0.5, 0.6) is 0 Å². The van der Waals surface area contributed by atoms with Gasteiger partial charge in [0.15, 0.2) is 5.16 Å². The summed E-state index contributed by atoms with van der Waals surface area (Å²) >= 11 is 11.8. The van der Waals surface area contributed by atoms with E-state index in [1.807, 2.05) is 46.1 Å². The van der Waals surface area contributed by atoms with E-state index in [4.69, 9.17) is 23.2 Å². The number of aryl methyl sites for hydroxylation is 1. The van der Waals surface area contributed by atoms with Crippen molar-refractivity contribution in [1.82, 2.24) is 14.8 Å². The van der Waals surface area contributed by atoms with Gasteiger partial charge in [0.1, 0.15) is 5.82 Å². The van der Waals surface area contributed by atoms with Gasteiger partial charge in [-0.2, -0.15) is 0 Å². The molecule has 3 nitrogen and oxygen atoms in total. The highest BCUT2D eigenvalue weighted by Crippen LogP contribution is 2.22. The number of alkyl halides is 1. The molecule has 0 saturated carbocycles. The Hall–Kier alpha value is -1.75. The Labute approximate surface area is 255 Å². The van der Waals surface area contributed by atoms with Gasteiger partial charge in [0.25, 0.3) is 0 Å². The first-order valence-electron chi connectivity index (χ1n) is 14.1. The first kappa shape index (κ1) is 41.7. The number of hydrogen-bond donors (Lipinski definition) is 0. The van der Waals surface area contributed by atoms with Gasteiger partial charge in [-0.1, -0.05) is 120 Å². The molecular formula is C33H55Cl2N3S. The van der Waals surface area contributed by atoms with Gasteiger partial charge in [-0.05, 0) is 81.9 Å². The number of benzene rings is 1. The second kappa shape index (κ2) is 30.8. The number of nitrogens with zero attached hydrogens (tertiary/aromatic N) is 3. The van der Waals surface area contributed by atoms with Crippen LogP contribution in [0.1, 0.15) is 99.4 Å². The van der Waals surface area contributed by atoms with Crippen molar-refractivity contribution in [2.45, 2.75) is 99.6 Å². The van der Waals surface area contributed by atoms with E-state index in [1.165, 1.54) is 23.9 Å². The lowest BCUT2D eigenvalue weighted by atomic mass is 10.0. The lowest BCUT2D eigenvalue weighted by Crippen LogP contribution is -2.01. The van der Waals surface area contributed by atoms with E-state index in [0.717, 1.165) is 29.0 Å². The zero-order chi connectivity index (χ0) is 30.5. The molecule has 0 fully saturated rings. The minimum absolute atomic E-state index is 0.561. The summed E-state index contributed by atoms with van der Waals surface area (Å²) in [5, 5.41) is 9.40. The van der Waals surface area contributed by atoms with E-state index in [0.29, 0.717) is 11.8 Å². The van der Waals surface area contributed by atoms with Crippen LogP contribution < -0.4 is 0 Å². The van der Waals surface area contributed by atoms with Crippen molar-refractivity contribution in [2.75, 3.05) is 12.1 Å². The first-order valence-corrected chi connectivity index (χ1v) is 16.3. The Morgan fingerprint density at radius 1 is 0.897 bits per heavy atom. The summed E-state index contributed by atoms with van der Waals surface area (Å²) in [6, 6.07) is 8.67. The second-order valence-electron chi connectivity index (χ2n) is 8.22. The fourth-order valence-electron chi connectivity index (χ4n) is 2.98. The van der Waals surface area contributed by atoms with Gasteiger partial charge in [-0.25, -0.2) is 0 Å². The quantitative estimate of drug-likeness (QED) is 0.164. The Morgan fingerprint density at radius 3 is 1.79 bits per heavy atom. The summed E-state index contributed by atoms with van der Waals surface area (Å²) in [4.78, 5) is 0. The van der Waals surface area contributed by atoms with Gasteiger partial charge < -0.3 is 0 Å². The van der Waals surface area contributed by atoms with E-state index < -0.39 is 0 Å². The summed E-state index contributed by atoms with van der Waals surface area (Å²) < 4.78 is 2.13. The average Bonchev–Trinajstić information content (AvgIpc) is 3.41. The fourth-order valence-corrected chi connectivity index (χ4v) is 3.68. The van der Waals surface area contributed by atoms with Gasteiger partial charge >= 0.3 is 0 Å². The highest BCUT2D eigenvalue weighted by atomic mass is 35.5. The van der Waals surface area contributed by atoms with Crippen LogP contribution in [0.4, 0.5) is 0 Å². The maximum absolute atomic E-state index is 5.21. The summed E-state index contributed by atoms with van der Waals surface area (Å²) in [7, 11) is 0. The van der Waals surface area contributed by atoms with E-state index in [2.05, 4.69) is 105 Å². The third kappa shape index (κ3) is 20.8. The van der Waals surface area contributed by atoms with Crippen molar-refractivity contribution in [2.24, 2.45) is 5.92 Å². The predicted molar refractivity (Wildman–Crippen MR) is 182 cm³/mol. The monoisotopic (exact) mass is 595 g/mol. The van der Waals surface area contributed by atoms with Crippen LogP contribution in [-0.2, 0) is 6.42 Å². The van der Waals surface area contributed by atoms with Gasteiger partial charge in [-0.3, -0.25) is 4.57 Å². The molecule has 2 rings (SSSR count). The van der Waals surface area contributed by atoms with Crippen LogP contribution in [0.25, 0.3) is 5.69 Å². The third-order valence-corrected chi connectivity index (χ3v) is 6.19. The normalized spacial score (nSPS) is 11.4. The smallest absolute Gasteiger partial charge is 0.195 e. The minimum Gasteiger partial charge on any atom is -0.274 e. The van der Waals surface area contributed by atoms with Gasteiger partial charge in [0, 0.05) is 18.0 Å². The first-order chi connectivity index (χ1) is 18.8. The molecule has 2 aromatic rings. The number of hydrogen-bond acceptors (Lipinski definition) is 3. The topological polar surface area (TPSA) is 30.7 Å². The molecule has 0 spiro atoms. The molecule has 6 heteroatoms. The summed E-state index contributed by atoms with van der Waals surface area (Å²) in [5.74, 6) is 2.96. The van der Waals surface area contributed by atoms with Crippen molar-refractivity contribution >= 4 is 35.0 Å². The van der Waals surface area contributed by atoms with Crippen LogP contribution in [-0.4, -0.2) is 26.9 Å². The molecular weight excluding hydrogens is 541 g/mol. The zero-order valence-electron chi connectivity index (χ0n) is 26.4. The van der Waals surface area contributed by atoms with E-state index in [-0.39, 0.29) is 0 Å². The van der Waals surface area contributed by atoms with Crippen LogP contribution in [0.3, 0.4) is 0 Å². The molecule has 0 bridgehead atoms. The van der Waals surface area contributed by atoms with Crippen molar-refractivity contribution in [1.29, 1.82) is 0 Å². The SMILES string of the molecule is C/C=C/Cl.C/C=C\C(CC)C/C=C/C.C/C=C\CCl.CC.CCc1nnc(SC)n1-c1ccc(C(C)C)cc1. The standard InChI is InChI=1S/C14H19N3S.C10H18.C4H7Cl.C3H5Cl.C2H6/c1-5-13-15-16-14(18-4)17(13)12-8-6-11(7-9-12)10(2)3;1-4-7-9-10(6-3)8-5-2;1-2-3-4-5;1-2-3-4;1-2/h6-10H,5H2,1-4H3;4-5,7-8,10H,6,9H2,1-3H3;2-3H,4H2,1H3;2-3H,1H3;1-2H3/b;7-4+,8-5-;3-2-;3-2+;. The predicted octanol–water partition coefficient (Wildman–Crippen LogP) is 11.8. The molecule has 0 amide bonds. The van der Waals surface area contributed by atoms with Crippen molar-refractivity contribution in [3.05, 3.63) is 83.7 Å². The lowest BCUT2D eigenvalue weighted by Gasteiger charge is -2.10. The van der Waals surface area contributed by atoms with Crippen molar-refractivity contribution < 1.29 is 0 Å². The maximum Gasteiger partial charge on any atom is 0.195 e. The summed E-state index contributed by atoms with van der Waals surface area (Å²) in [6.07, 6.45) is 19.7. The van der Waals surface area contributed by atoms with E-state index in [9.17, 15) is 0 Å². The van der Waals surface area contributed by atoms with E-state index in [1.54, 1.807) is 17.8 Å². The van der Waals surface area contributed by atoms with Crippen LogP contribution in [0.15, 0.2) is 77.5 Å². The fraction of sp³-hybridized carbons (Fsp3) is 0.515. The Kier molecular flexibility index (Phi) is 32.9. The molecule has 1 aromatic heterocycles. The highest BCUT2D eigenvalue weighted by Gasteiger charge is 2.11. The number of aromatic nitrogens is 3. The molecule has 0 aliphatic heterocycles. The maximum atomic E-state index is 5.21. The third-order valence-electron chi connectivity index (χ3n) is 5.13. The van der Waals surface area contributed by atoms with Crippen molar-refractivity contribution in [3.63, 3.8) is 0 Å². The average molecular weight is 597 g/mol. The molecule has 0 saturated heterocycles. The lowest BCUT2D eigenvalue weighted by molar-refractivity contribution is 0.637. The number of allylic oxidation sites excluding steroid dienone is 7. The van der Waals surface area contributed by atoms with Crippen LogP contribution >= 0.6 is 35.0 Å². The van der Waals surface area contributed by atoms with Crippen molar-refractivity contribution in [3.8, 4) is 5.69 Å². The number of halogens is 2. The molecule has 0 aliphatic carbocycles. The number of thioether (sulfide) groups is 1. The molecule has 222 valence electrons. The second-order valence-corrected chi connectivity index (χ2v) is 9.55. The largest absolute Gasteiger partial charge is 0.274 e. The zero-order valence-corrected chi connectivity index (χ0v) is 28.7. The van der Waals surface area contributed by atoms with Gasteiger partial charge in [-0.15, -0.1) is 21.8 Å². The molecule has 0 aliphatic rings. The Bertz CT molecular complexity index is 873. The summed E-state index contributed by atoms with van der Waals surface area (Å²) in [6.45, 7) is 20.7. The summed E-state index contributed by atoms with van der Waals surface area (Å²) in [5.41, 5.74) is 3.97. The van der Waals surface area contributed by atoms with Crippen LogP contribution in [0, 0.1) is 5.92 Å². The molecule has 1 unspecified atom stereocenters. The Balaban J connectivity index is -0.000000520.